The molecule has 2 N–H and O–H groups in total. The van der Waals surface area contributed by atoms with Gasteiger partial charge in [-0.05, 0) is 36.8 Å². The number of aromatic amines is 1. The van der Waals surface area contributed by atoms with Gasteiger partial charge in [-0.3, -0.25) is 4.79 Å². The zero-order chi connectivity index (χ0) is 17.6. The first-order valence-corrected chi connectivity index (χ1v) is 10.4. The number of amides is 1. The molecule has 0 saturated heterocycles. The van der Waals surface area contributed by atoms with Crippen molar-refractivity contribution in [3.8, 4) is 0 Å². The molecule has 1 atom stereocenters. The monoisotopic (exact) mass is 373 g/mol. The van der Waals surface area contributed by atoms with E-state index >= 15 is 0 Å². The van der Waals surface area contributed by atoms with Crippen molar-refractivity contribution in [2.24, 2.45) is 0 Å². The van der Waals surface area contributed by atoms with Crippen LogP contribution in [-0.4, -0.2) is 44.1 Å². The number of aromatic nitrogens is 4. The van der Waals surface area contributed by atoms with Gasteiger partial charge in [0.15, 0.2) is 5.16 Å². The lowest BCUT2D eigenvalue weighted by atomic mass is 10.2. The highest BCUT2D eigenvalue weighted by Crippen LogP contribution is 2.20. The van der Waals surface area contributed by atoms with Gasteiger partial charge in [-0.15, -0.1) is 0 Å². The van der Waals surface area contributed by atoms with Crippen LogP contribution < -0.4 is 5.32 Å². The molecule has 0 radical (unpaired) electrons. The fourth-order valence-electron chi connectivity index (χ4n) is 2.43. The van der Waals surface area contributed by atoms with E-state index in [0.29, 0.717) is 10.7 Å². The minimum atomic E-state index is -0.195. The van der Waals surface area contributed by atoms with Crippen molar-refractivity contribution in [2.45, 2.75) is 17.6 Å². The summed E-state index contributed by atoms with van der Waals surface area (Å²) >= 11 is 3.18. The Hall–Kier alpha value is -2.06. The molecule has 0 fully saturated rings. The minimum Gasteiger partial charge on any atom is -0.342 e. The number of imidazole rings is 1. The van der Waals surface area contributed by atoms with Crippen LogP contribution in [0.2, 0.25) is 0 Å². The number of benzene rings is 1. The van der Waals surface area contributed by atoms with Gasteiger partial charge in [0.25, 0.3) is 5.91 Å². The Labute approximate surface area is 154 Å². The molecule has 130 valence electrons. The van der Waals surface area contributed by atoms with Crippen molar-refractivity contribution in [1.82, 2.24) is 25.3 Å². The molecule has 0 saturated carbocycles. The molecule has 0 bridgehead atoms. The van der Waals surface area contributed by atoms with E-state index in [4.69, 9.17) is 0 Å². The van der Waals surface area contributed by atoms with Crippen molar-refractivity contribution in [2.75, 3.05) is 18.3 Å². The molecule has 1 amide bonds. The van der Waals surface area contributed by atoms with Crippen LogP contribution in [0.3, 0.4) is 0 Å². The van der Waals surface area contributed by atoms with Gasteiger partial charge in [0.05, 0.1) is 22.6 Å². The van der Waals surface area contributed by atoms with Crippen LogP contribution >= 0.6 is 23.5 Å². The van der Waals surface area contributed by atoms with Crippen LogP contribution in [0, 0.1) is 0 Å². The van der Waals surface area contributed by atoms with Gasteiger partial charge in [0.1, 0.15) is 5.82 Å². The highest BCUT2D eigenvalue weighted by Gasteiger charge is 2.19. The second kappa shape index (κ2) is 8.35. The summed E-state index contributed by atoms with van der Waals surface area (Å²) in [6.07, 6.45) is 7.84. The predicted molar refractivity (Wildman–Crippen MR) is 103 cm³/mol. The lowest BCUT2D eigenvalue weighted by Crippen LogP contribution is -2.30. The first-order chi connectivity index (χ1) is 12.2. The van der Waals surface area contributed by atoms with Crippen LogP contribution in [0.4, 0.5) is 0 Å². The van der Waals surface area contributed by atoms with Crippen molar-refractivity contribution in [1.29, 1.82) is 0 Å². The topological polar surface area (TPSA) is 83.6 Å². The number of nitrogens with one attached hydrogen (secondary N) is 2. The molecule has 2 aromatic heterocycles. The summed E-state index contributed by atoms with van der Waals surface area (Å²) in [7, 11) is 0. The Bertz CT molecular complexity index is 817. The molecule has 25 heavy (non-hydrogen) atoms. The summed E-state index contributed by atoms with van der Waals surface area (Å²) in [6.45, 7) is 0. The summed E-state index contributed by atoms with van der Waals surface area (Å²) in [5.41, 5.74) is 2.31. The lowest BCUT2D eigenvalue weighted by molar-refractivity contribution is 0.0933. The fourth-order valence-corrected chi connectivity index (χ4v) is 3.22. The van der Waals surface area contributed by atoms with E-state index < -0.39 is 0 Å². The van der Waals surface area contributed by atoms with Crippen molar-refractivity contribution >= 4 is 40.5 Å². The van der Waals surface area contributed by atoms with E-state index in [1.165, 1.54) is 11.8 Å². The molecule has 8 heteroatoms. The number of H-pyrrole nitrogens is 1. The third-order valence-corrected chi connectivity index (χ3v) is 4.95. The number of hydrogen-bond acceptors (Lipinski definition) is 6. The van der Waals surface area contributed by atoms with Crippen LogP contribution in [-0.2, 0) is 0 Å². The van der Waals surface area contributed by atoms with E-state index in [1.807, 2.05) is 36.8 Å². The Balaban J connectivity index is 1.80. The molecule has 3 rings (SSSR count). The number of fused-ring (bicyclic) bond motifs is 1. The number of nitrogens with zero attached hydrogens (tertiary/aromatic N) is 3. The highest BCUT2D eigenvalue weighted by molar-refractivity contribution is 7.98. The molecular formula is C17H19N5OS2. The molecule has 0 aliphatic rings. The summed E-state index contributed by atoms with van der Waals surface area (Å²) in [5, 5.41) is 3.70. The molecule has 1 aromatic carbocycles. The van der Waals surface area contributed by atoms with Crippen LogP contribution in [0.5, 0.6) is 0 Å². The minimum absolute atomic E-state index is 0.187. The van der Waals surface area contributed by atoms with Gasteiger partial charge in [-0.25, -0.2) is 15.0 Å². The summed E-state index contributed by atoms with van der Waals surface area (Å²) in [6, 6.07) is 7.66. The van der Waals surface area contributed by atoms with E-state index in [1.54, 1.807) is 24.2 Å². The standard InChI is InChI=1S/C17H19N5OS2/c1-24-8-7-14(15-20-12-5-3-4-6-13(12)21-15)22-16(23)11-9-18-17(25-2)19-10-11/h3-6,9-10,14H,7-8H2,1-2H3,(H,20,21)(H,22,23)/t14-/m0/s1. The molecule has 6 nitrogen and oxygen atoms in total. The molecule has 0 aliphatic heterocycles. The number of carbonyl (C=O) groups excluding carboxylic acids is 1. The summed E-state index contributed by atoms with van der Waals surface area (Å²) in [5.74, 6) is 1.49. The van der Waals surface area contributed by atoms with E-state index in [9.17, 15) is 4.79 Å². The van der Waals surface area contributed by atoms with Crippen molar-refractivity contribution in [3.63, 3.8) is 0 Å². The maximum atomic E-state index is 12.6. The van der Waals surface area contributed by atoms with Gasteiger partial charge in [0.2, 0.25) is 0 Å². The van der Waals surface area contributed by atoms with Crippen molar-refractivity contribution < 1.29 is 4.79 Å². The maximum absolute atomic E-state index is 12.6. The van der Waals surface area contributed by atoms with Gasteiger partial charge < -0.3 is 10.3 Å². The van der Waals surface area contributed by atoms with Gasteiger partial charge >= 0.3 is 0 Å². The summed E-state index contributed by atoms with van der Waals surface area (Å²) in [4.78, 5) is 28.8. The van der Waals surface area contributed by atoms with E-state index in [2.05, 4.69) is 25.3 Å². The van der Waals surface area contributed by atoms with Gasteiger partial charge in [-0.2, -0.15) is 11.8 Å². The largest absolute Gasteiger partial charge is 0.342 e. The third-order valence-electron chi connectivity index (χ3n) is 3.73. The van der Waals surface area contributed by atoms with Crippen LogP contribution in [0.1, 0.15) is 28.6 Å². The Morgan fingerprint density at radius 2 is 2.00 bits per heavy atom. The predicted octanol–water partition coefficient (Wildman–Crippen LogP) is 3.30. The zero-order valence-corrected chi connectivity index (χ0v) is 15.7. The Kier molecular flexibility index (Phi) is 5.93. The molecule has 2 heterocycles. The lowest BCUT2D eigenvalue weighted by Gasteiger charge is -2.16. The average Bonchev–Trinajstić information content (AvgIpc) is 3.09. The van der Waals surface area contributed by atoms with Gasteiger partial charge in [-0.1, -0.05) is 23.9 Å². The highest BCUT2D eigenvalue weighted by atomic mass is 32.2. The smallest absolute Gasteiger partial charge is 0.255 e. The number of rotatable bonds is 7. The van der Waals surface area contributed by atoms with E-state index in [0.717, 1.165) is 29.0 Å². The van der Waals surface area contributed by atoms with Crippen LogP contribution in [0.15, 0.2) is 41.8 Å². The van der Waals surface area contributed by atoms with Crippen LogP contribution in [0.25, 0.3) is 11.0 Å². The quantitative estimate of drug-likeness (QED) is 0.488. The number of thioether (sulfide) groups is 2. The third kappa shape index (κ3) is 4.32. The molecule has 3 aromatic rings. The average molecular weight is 374 g/mol. The maximum Gasteiger partial charge on any atom is 0.255 e. The SMILES string of the molecule is CSCC[C@H](NC(=O)c1cnc(SC)nc1)c1nc2ccccc2[nH]1. The van der Waals surface area contributed by atoms with Crippen molar-refractivity contribution in [3.05, 3.63) is 48.0 Å². The van der Waals surface area contributed by atoms with E-state index in [-0.39, 0.29) is 11.9 Å². The number of para-hydroxylation sites is 2. The second-order valence-corrected chi connectivity index (χ2v) is 7.16. The van der Waals surface area contributed by atoms with Gasteiger partial charge in [0, 0.05) is 12.4 Å². The first kappa shape index (κ1) is 17.8. The second-order valence-electron chi connectivity index (χ2n) is 5.41. The number of hydrogen-bond donors (Lipinski definition) is 2. The Morgan fingerprint density at radius 1 is 1.24 bits per heavy atom. The molecule has 0 spiro atoms. The zero-order valence-electron chi connectivity index (χ0n) is 14.0. The molecular weight excluding hydrogens is 354 g/mol. The Morgan fingerprint density at radius 3 is 2.68 bits per heavy atom. The normalized spacial score (nSPS) is 12.2. The fraction of sp³-hybridized carbons (Fsp3) is 0.294. The summed E-state index contributed by atoms with van der Waals surface area (Å²) < 4.78 is 0. The number of carbonyl (C=O) groups is 1. The molecule has 0 unspecified atom stereocenters. The first-order valence-electron chi connectivity index (χ1n) is 7.81. The molecule has 0 aliphatic carbocycles.